The first-order valence-corrected chi connectivity index (χ1v) is 12.6. The number of carbonyl (C=O) groups is 1. The molecule has 1 N–H and O–H groups in total. The first-order chi connectivity index (χ1) is 16.1. The summed E-state index contributed by atoms with van der Waals surface area (Å²) < 4.78 is 11.6. The Hall–Kier alpha value is -2.08. The van der Waals surface area contributed by atoms with E-state index in [0.717, 1.165) is 48.6 Å². The minimum atomic E-state index is -0.184. The van der Waals surface area contributed by atoms with Crippen LogP contribution in [0.2, 0.25) is 5.02 Å². The molecule has 6 heteroatoms. The Labute approximate surface area is 201 Å². The average molecular weight is 469 g/mol. The second-order valence-corrected chi connectivity index (χ2v) is 10.1. The Balaban J connectivity index is 1.26. The van der Waals surface area contributed by atoms with Crippen molar-refractivity contribution >= 4 is 17.5 Å². The molecule has 1 saturated heterocycles. The quantitative estimate of drug-likeness (QED) is 0.599. The highest BCUT2D eigenvalue weighted by atomic mass is 35.5. The zero-order valence-corrected chi connectivity index (χ0v) is 20.1. The van der Waals surface area contributed by atoms with Gasteiger partial charge >= 0.3 is 0 Å². The van der Waals surface area contributed by atoms with Crippen LogP contribution >= 0.6 is 11.6 Å². The highest BCUT2D eigenvalue weighted by Crippen LogP contribution is 2.42. The van der Waals surface area contributed by atoms with E-state index in [1.54, 1.807) is 13.2 Å². The molecular weight excluding hydrogens is 436 g/mol. The van der Waals surface area contributed by atoms with Crippen molar-refractivity contribution < 1.29 is 14.3 Å². The summed E-state index contributed by atoms with van der Waals surface area (Å²) in [7, 11) is 1.61. The van der Waals surface area contributed by atoms with Gasteiger partial charge in [0, 0.05) is 32.8 Å². The van der Waals surface area contributed by atoms with E-state index in [4.69, 9.17) is 21.1 Å². The maximum absolute atomic E-state index is 12.3. The summed E-state index contributed by atoms with van der Waals surface area (Å²) in [5, 5.41) is 3.27. The summed E-state index contributed by atoms with van der Waals surface area (Å²) in [6, 6.07) is 12.9. The smallest absolute Gasteiger partial charge is 0.252 e. The van der Waals surface area contributed by atoms with Crippen LogP contribution in [0.1, 0.15) is 54.4 Å². The molecule has 3 aliphatic rings. The number of nitrogens with one attached hydrogen (secondary N) is 1. The zero-order valence-electron chi connectivity index (χ0n) is 19.4. The van der Waals surface area contributed by atoms with Crippen LogP contribution in [0.5, 0.6) is 5.75 Å². The van der Waals surface area contributed by atoms with Gasteiger partial charge in [-0.15, -0.1) is 0 Å². The minimum Gasteiger partial charge on any atom is -0.487 e. The van der Waals surface area contributed by atoms with Crippen molar-refractivity contribution in [1.82, 2.24) is 10.2 Å². The number of likely N-dealkylation sites (tertiary alicyclic amines) is 1. The molecule has 0 unspecified atom stereocenters. The standard InChI is InChI=1S/C27H33ClN2O3/c1-32-16-13-29-26(31)23-7-5-20(18-24(23)28)19-6-8-25-21(17-19)9-10-27(33-25)11-14-30(15-12-27)22-3-2-4-22/h5-8,17-18,22H,2-4,9-16H2,1H3,(H,29,31). The third-order valence-electron chi connectivity index (χ3n) is 7.68. The van der Waals surface area contributed by atoms with Gasteiger partial charge in [-0.1, -0.05) is 30.2 Å². The fraction of sp³-hybridized carbons (Fsp3) is 0.519. The number of nitrogens with zero attached hydrogens (tertiary/aromatic N) is 1. The van der Waals surface area contributed by atoms with Gasteiger partial charge in [-0.05, 0) is 79.5 Å². The van der Waals surface area contributed by atoms with Crippen LogP contribution in [-0.2, 0) is 11.2 Å². The molecule has 0 radical (unpaired) electrons. The number of hydrogen-bond acceptors (Lipinski definition) is 4. The monoisotopic (exact) mass is 468 g/mol. The van der Waals surface area contributed by atoms with Crippen LogP contribution in [0.3, 0.4) is 0 Å². The Bertz CT molecular complexity index is 1010. The minimum absolute atomic E-state index is 0.00982. The van der Waals surface area contributed by atoms with E-state index in [-0.39, 0.29) is 11.5 Å². The molecule has 1 amide bonds. The predicted octanol–water partition coefficient (Wildman–Crippen LogP) is 5.10. The highest BCUT2D eigenvalue weighted by molar-refractivity contribution is 6.34. The van der Waals surface area contributed by atoms with Crippen LogP contribution in [0.4, 0.5) is 0 Å². The maximum Gasteiger partial charge on any atom is 0.252 e. The summed E-state index contributed by atoms with van der Waals surface area (Å²) in [5.41, 5.74) is 3.85. The van der Waals surface area contributed by atoms with E-state index in [2.05, 4.69) is 28.4 Å². The molecule has 0 atom stereocenters. The average Bonchev–Trinajstić information content (AvgIpc) is 2.79. The number of methoxy groups -OCH3 is 1. The van der Waals surface area contributed by atoms with E-state index in [0.29, 0.717) is 23.7 Å². The maximum atomic E-state index is 12.3. The molecule has 1 spiro atoms. The Morgan fingerprint density at radius 2 is 1.91 bits per heavy atom. The molecule has 5 rings (SSSR count). The number of fused-ring (bicyclic) bond motifs is 1. The summed E-state index contributed by atoms with van der Waals surface area (Å²) in [5.74, 6) is 0.846. The second-order valence-electron chi connectivity index (χ2n) is 9.67. The lowest BCUT2D eigenvalue weighted by Crippen LogP contribution is -2.53. The van der Waals surface area contributed by atoms with Crippen LogP contribution in [0, 0.1) is 0 Å². The van der Waals surface area contributed by atoms with Crippen molar-refractivity contribution in [2.75, 3.05) is 33.4 Å². The Morgan fingerprint density at radius 1 is 1.15 bits per heavy atom. The van der Waals surface area contributed by atoms with Crippen molar-refractivity contribution in [3.05, 3.63) is 52.5 Å². The number of amides is 1. The van der Waals surface area contributed by atoms with E-state index in [1.807, 2.05) is 12.1 Å². The normalized spacial score (nSPS) is 20.1. The first kappa shape index (κ1) is 22.7. The molecule has 0 bridgehead atoms. The molecule has 2 fully saturated rings. The summed E-state index contributed by atoms with van der Waals surface area (Å²) in [4.78, 5) is 15.0. The van der Waals surface area contributed by atoms with Gasteiger partial charge in [0.2, 0.25) is 0 Å². The zero-order chi connectivity index (χ0) is 22.8. The van der Waals surface area contributed by atoms with E-state index in [9.17, 15) is 4.79 Å². The Kier molecular flexibility index (Phi) is 6.64. The third-order valence-corrected chi connectivity index (χ3v) is 7.99. The molecule has 1 saturated carbocycles. The number of hydrogen-bond donors (Lipinski definition) is 1. The number of halogens is 1. The molecule has 2 aromatic rings. The molecule has 2 heterocycles. The van der Waals surface area contributed by atoms with Crippen molar-refractivity contribution in [3.8, 4) is 16.9 Å². The van der Waals surface area contributed by atoms with Gasteiger partial charge in [0.1, 0.15) is 11.4 Å². The largest absolute Gasteiger partial charge is 0.487 e. The topological polar surface area (TPSA) is 50.8 Å². The highest BCUT2D eigenvalue weighted by Gasteiger charge is 2.41. The molecule has 2 aromatic carbocycles. The van der Waals surface area contributed by atoms with E-state index in [1.165, 1.54) is 37.9 Å². The summed E-state index contributed by atoms with van der Waals surface area (Å²) in [6.07, 6.45) is 8.55. The SMILES string of the molecule is COCCNC(=O)c1ccc(-c2ccc3c(c2)CCC2(CCN(C4CCC4)CC2)O3)cc1Cl. The Morgan fingerprint density at radius 3 is 2.61 bits per heavy atom. The molecule has 5 nitrogen and oxygen atoms in total. The van der Waals surface area contributed by atoms with Crippen LogP contribution in [0.15, 0.2) is 36.4 Å². The fourth-order valence-electron chi connectivity index (χ4n) is 5.34. The summed E-state index contributed by atoms with van der Waals surface area (Å²) >= 11 is 6.46. The molecule has 2 aliphatic heterocycles. The van der Waals surface area contributed by atoms with Gasteiger partial charge < -0.3 is 19.7 Å². The van der Waals surface area contributed by atoms with Gasteiger partial charge in [-0.2, -0.15) is 0 Å². The van der Waals surface area contributed by atoms with Crippen LogP contribution in [-0.4, -0.2) is 55.8 Å². The van der Waals surface area contributed by atoms with Gasteiger partial charge in [0.25, 0.3) is 5.91 Å². The molecule has 176 valence electrons. The third kappa shape index (κ3) is 4.77. The number of carbonyl (C=O) groups excluding carboxylic acids is 1. The number of piperidine rings is 1. The molecular formula is C27H33ClN2O3. The van der Waals surface area contributed by atoms with E-state index >= 15 is 0 Å². The lowest BCUT2D eigenvalue weighted by atomic mass is 9.81. The number of ether oxygens (including phenoxy) is 2. The number of aryl methyl sites for hydroxylation is 1. The second kappa shape index (κ2) is 9.65. The van der Waals surface area contributed by atoms with Crippen LogP contribution in [0.25, 0.3) is 11.1 Å². The van der Waals surface area contributed by atoms with E-state index < -0.39 is 0 Å². The van der Waals surface area contributed by atoms with Gasteiger partial charge in [-0.3, -0.25) is 4.79 Å². The van der Waals surface area contributed by atoms with Gasteiger partial charge in [0.15, 0.2) is 0 Å². The molecule has 33 heavy (non-hydrogen) atoms. The van der Waals surface area contributed by atoms with Gasteiger partial charge in [0.05, 0.1) is 17.2 Å². The molecule has 0 aromatic heterocycles. The number of benzene rings is 2. The van der Waals surface area contributed by atoms with Crippen molar-refractivity contribution in [3.63, 3.8) is 0 Å². The van der Waals surface area contributed by atoms with Crippen molar-refractivity contribution in [2.24, 2.45) is 0 Å². The fourth-order valence-corrected chi connectivity index (χ4v) is 5.61. The number of rotatable bonds is 6. The van der Waals surface area contributed by atoms with Crippen molar-refractivity contribution in [1.29, 1.82) is 0 Å². The lowest BCUT2D eigenvalue weighted by molar-refractivity contribution is -0.0336. The lowest BCUT2D eigenvalue weighted by Gasteiger charge is -2.48. The summed E-state index contributed by atoms with van der Waals surface area (Å²) in [6.45, 7) is 3.26. The predicted molar refractivity (Wildman–Crippen MR) is 131 cm³/mol. The van der Waals surface area contributed by atoms with Crippen molar-refractivity contribution in [2.45, 2.75) is 56.6 Å². The van der Waals surface area contributed by atoms with Crippen LogP contribution < -0.4 is 10.1 Å². The first-order valence-electron chi connectivity index (χ1n) is 12.2. The van der Waals surface area contributed by atoms with Gasteiger partial charge in [-0.25, -0.2) is 0 Å². The molecule has 1 aliphatic carbocycles.